The largest absolute Gasteiger partial charge is 0.458 e. The van der Waals surface area contributed by atoms with Crippen LogP contribution in [0.5, 0.6) is 0 Å². The van der Waals surface area contributed by atoms with E-state index in [-0.39, 0.29) is 6.42 Å². The van der Waals surface area contributed by atoms with Gasteiger partial charge < -0.3 is 20.1 Å². The van der Waals surface area contributed by atoms with Gasteiger partial charge >= 0.3 is 11.9 Å². The van der Waals surface area contributed by atoms with Crippen LogP contribution in [0.1, 0.15) is 43.9 Å². The van der Waals surface area contributed by atoms with Crippen LogP contribution in [0.3, 0.4) is 0 Å². The van der Waals surface area contributed by atoms with Crippen molar-refractivity contribution in [1.82, 2.24) is 4.90 Å². The topological polar surface area (TPSA) is 111 Å². The minimum atomic E-state index is -1.19. The number of carbonyl (C=O) groups is 3. The SMILES string of the molecule is CC(=O)OC(CC=N/C=C(\N)c1ccccc1)[C@H](C=O)OC(C)=O.CCN(C)Cc1ccccc1C. The Kier molecular flexibility index (Phi) is 14.1. The summed E-state index contributed by atoms with van der Waals surface area (Å²) in [5.41, 5.74) is 9.98. The number of carbonyl (C=O) groups excluding carboxylic acids is 3. The summed E-state index contributed by atoms with van der Waals surface area (Å²) in [5.74, 6) is -1.24. The first-order chi connectivity index (χ1) is 17.2. The van der Waals surface area contributed by atoms with E-state index in [4.69, 9.17) is 15.2 Å². The summed E-state index contributed by atoms with van der Waals surface area (Å²) >= 11 is 0. The van der Waals surface area contributed by atoms with Gasteiger partial charge in [0, 0.05) is 39.2 Å². The van der Waals surface area contributed by atoms with E-state index in [0.717, 1.165) is 18.7 Å². The molecule has 0 bridgehead atoms. The lowest BCUT2D eigenvalue weighted by atomic mass is 10.1. The molecule has 0 aliphatic heterocycles. The van der Waals surface area contributed by atoms with Crippen LogP contribution < -0.4 is 5.73 Å². The number of benzene rings is 2. The van der Waals surface area contributed by atoms with Crippen LogP contribution in [-0.2, 0) is 30.4 Å². The molecule has 0 heterocycles. The van der Waals surface area contributed by atoms with Crippen LogP contribution in [0, 0.1) is 6.92 Å². The van der Waals surface area contributed by atoms with Crippen molar-refractivity contribution >= 4 is 30.1 Å². The van der Waals surface area contributed by atoms with Gasteiger partial charge in [0.15, 0.2) is 18.5 Å². The normalized spacial score (nSPS) is 12.9. The third-order valence-corrected chi connectivity index (χ3v) is 5.13. The molecule has 0 aliphatic rings. The highest BCUT2D eigenvalue weighted by molar-refractivity contribution is 5.73. The monoisotopic (exact) mass is 495 g/mol. The summed E-state index contributed by atoms with van der Waals surface area (Å²) in [4.78, 5) is 39.5. The smallest absolute Gasteiger partial charge is 0.303 e. The second-order valence-electron chi connectivity index (χ2n) is 8.13. The average molecular weight is 496 g/mol. The Morgan fingerprint density at radius 3 is 2.19 bits per heavy atom. The highest BCUT2D eigenvalue weighted by atomic mass is 16.6. The zero-order valence-corrected chi connectivity index (χ0v) is 21.7. The molecular formula is C28H37N3O5. The highest BCUT2D eigenvalue weighted by Gasteiger charge is 2.25. The summed E-state index contributed by atoms with van der Waals surface area (Å²) in [6.45, 7) is 8.88. The van der Waals surface area contributed by atoms with E-state index >= 15 is 0 Å². The molecule has 0 aromatic heterocycles. The molecule has 0 aliphatic carbocycles. The number of rotatable bonds is 11. The molecule has 8 heteroatoms. The maximum atomic E-state index is 11.1. The quantitative estimate of drug-likeness (QED) is 0.286. The van der Waals surface area contributed by atoms with Crippen molar-refractivity contribution in [2.45, 2.75) is 52.9 Å². The highest BCUT2D eigenvalue weighted by Crippen LogP contribution is 2.10. The predicted octanol–water partition coefficient (Wildman–Crippen LogP) is 3.91. The van der Waals surface area contributed by atoms with Crippen LogP contribution in [0.15, 0.2) is 65.8 Å². The van der Waals surface area contributed by atoms with Crippen LogP contribution >= 0.6 is 0 Å². The number of nitrogens with two attached hydrogens (primary N) is 1. The standard InChI is InChI=1S/C17H20N2O5.C11H17N/c1-12(21)23-16(17(11-20)24-13(2)22)8-9-19-10-15(18)14-6-4-3-5-7-14;1-4-12(3)9-11-8-6-5-7-10(11)2/h3-7,9-11,16-17H,8,18H2,1-2H3;5-8H,4,9H2,1-3H3/b15-10-,19-9?;/t16?,17-;/m0./s1. The van der Waals surface area contributed by atoms with Gasteiger partial charge in [0.25, 0.3) is 0 Å². The molecule has 2 rings (SSSR count). The van der Waals surface area contributed by atoms with Crippen molar-refractivity contribution in [2.75, 3.05) is 13.6 Å². The predicted molar refractivity (Wildman–Crippen MR) is 142 cm³/mol. The fraction of sp³-hybridized carbons (Fsp3) is 0.357. The van der Waals surface area contributed by atoms with Gasteiger partial charge in [0.05, 0.1) is 5.70 Å². The summed E-state index contributed by atoms with van der Waals surface area (Å²) < 4.78 is 9.83. The molecule has 2 atom stereocenters. The number of aliphatic imine (C=N–C) groups is 1. The van der Waals surface area contributed by atoms with E-state index < -0.39 is 24.1 Å². The Hall–Kier alpha value is -3.78. The molecule has 0 amide bonds. The van der Waals surface area contributed by atoms with E-state index in [2.05, 4.69) is 55.1 Å². The number of ether oxygens (including phenoxy) is 2. The van der Waals surface area contributed by atoms with Crippen molar-refractivity contribution < 1.29 is 23.9 Å². The van der Waals surface area contributed by atoms with Crippen molar-refractivity contribution in [3.05, 3.63) is 77.5 Å². The van der Waals surface area contributed by atoms with Crippen molar-refractivity contribution in [1.29, 1.82) is 0 Å². The minimum absolute atomic E-state index is 0.0921. The number of hydrogen-bond donors (Lipinski definition) is 1. The van der Waals surface area contributed by atoms with Gasteiger partial charge in [-0.25, -0.2) is 0 Å². The van der Waals surface area contributed by atoms with E-state index in [1.807, 2.05) is 30.3 Å². The molecule has 36 heavy (non-hydrogen) atoms. The lowest BCUT2D eigenvalue weighted by molar-refractivity contribution is -0.165. The Morgan fingerprint density at radius 2 is 1.64 bits per heavy atom. The van der Waals surface area contributed by atoms with Gasteiger partial charge in [0.2, 0.25) is 0 Å². The molecule has 0 saturated carbocycles. The summed E-state index contributed by atoms with van der Waals surface area (Å²) in [6.07, 6.45) is 1.25. The molecule has 194 valence electrons. The van der Waals surface area contributed by atoms with Crippen molar-refractivity contribution in [2.24, 2.45) is 10.7 Å². The van der Waals surface area contributed by atoms with Gasteiger partial charge in [-0.15, -0.1) is 0 Å². The third-order valence-electron chi connectivity index (χ3n) is 5.13. The molecular weight excluding hydrogens is 458 g/mol. The lowest BCUT2D eigenvalue weighted by Gasteiger charge is -2.20. The first-order valence-corrected chi connectivity index (χ1v) is 11.7. The van der Waals surface area contributed by atoms with Gasteiger partial charge in [-0.1, -0.05) is 61.5 Å². The Labute approximate surface area is 213 Å². The van der Waals surface area contributed by atoms with Crippen LogP contribution in [-0.4, -0.2) is 55.1 Å². The second-order valence-corrected chi connectivity index (χ2v) is 8.13. The molecule has 2 N–H and O–H groups in total. The fourth-order valence-corrected chi connectivity index (χ4v) is 3.04. The molecule has 0 fully saturated rings. The van der Waals surface area contributed by atoms with Gasteiger partial charge in [-0.2, -0.15) is 0 Å². The maximum absolute atomic E-state index is 11.1. The van der Waals surface area contributed by atoms with E-state index in [1.54, 1.807) is 0 Å². The molecule has 8 nitrogen and oxygen atoms in total. The average Bonchev–Trinajstić information content (AvgIpc) is 2.86. The van der Waals surface area contributed by atoms with Crippen molar-refractivity contribution in [3.63, 3.8) is 0 Å². The summed E-state index contributed by atoms with van der Waals surface area (Å²) in [6, 6.07) is 17.8. The van der Waals surface area contributed by atoms with E-state index in [9.17, 15) is 14.4 Å². The maximum Gasteiger partial charge on any atom is 0.303 e. The first kappa shape index (κ1) is 30.3. The van der Waals surface area contributed by atoms with Crippen LogP contribution in [0.4, 0.5) is 0 Å². The Bertz CT molecular complexity index is 1020. The molecule has 0 radical (unpaired) electrons. The molecule has 0 saturated heterocycles. The van der Waals surface area contributed by atoms with Crippen LogP contribution in [0.25, 0.3) is 5.70 Å². The van der Waals surface area contributed by atoms with Crippen LogP contribution in [0.2, 0.25) is 0 Å². The number of esters is 2. The second kappa shape index (κ2) is 16.8. The lowest BCUT2D eigenvalue weighted by Crippen LogP contribution is -2.36. The number of nitrogens with zero attached hydrogens (tertiary/aromatic N) is 2. The first-order valence-electron chi connectivity index (χ1n) is 11.7. The molecule has 1 unspecified atom stereocenters. The molecule has 2 aromatic carbocycles. The third kappa shape index (κ3) is 12.1. The summed E-state index contributed by atoms with van der Waals surface area (Å²) in [7, 11) is 2.15. The number of aryl methyl sites for hydroxylation is 1. The molecule has 2 aromatic rings. The zero-order valence-electron chi connectivity index (χ0n) is 21.7. The van der Waals surface area contributed by atoms with Gasteiger partial charge in [0.1, 0.15) is 0 Å². The number of hydrogen-bond acceptors (Lipinski definition) is 8. The minimum Gasteiger partial charge on any atom is -0.458 e. The fourth-order valence-electron chi connectivity index (χ4n) is 3.04. The van der Waals surface area contributed by atoms with Gasteiger partial charge in [-0.3, -0.25) is 19.4 Å². The summed E-state index contributed by atoms with van der Waals surface area (Å²) in [5, 5.41) is 0. The number of aldehydes is 1. The zero-order chi connectivity index (χ0) is 26.9. The van der Waals surface area contributed by atoms with Gasteiger partial charge in [-0.05, 0) is 37.2 Å². The van der Waals surface area contributed by atoms with E-state index in [1.165, 1.54) is 37.4 Å². The Balaban J connectivity index is 0.000000450. The molecule has 0 spiro atoms. The van der Waals surface area contributed by atoms with Crippen molar-refractivity contribution in [3.8, 4) is 0 Å². The Morgan fingerprint density at radius 1 is 1.03 bits per heavy atom. The van der Waals surface area contributed by atoms with E-state index in [0.29, 0.717) is 12.0 Å².